The van der Waals surface area contributed by atoms with Crippen LogP contribution in [0.4, 0.5) is 0 Å². The first kappa shape index (κ1) is 18.4. The monoisotopic (exact) mass is 368 g/mol. The van der Waals surface area contributed by atoms with Crippen molar-refractivity contribution in [2.24, 2.45) is 0 Å². The molecule has 1 aliphatic rings. The number of aromatic nitrogens is 1. The highest BCUT2D eigenvalue weighted by molar-refractivity contribution is 6.08. The zero-order valence-corrected chi connectivity index (χ0v) is 15.3. The van der Waals surface area contributed by atoms with Crippen molar-refractivity contribution >= 4 is 11.7 Å². The summed E-state index contributed by atoms with van der Waals surface area (Å²) in [7, 11) is 3.03. The van der Waals surface area contributed by atoms with E-state index in [2.05, 4.69) is 4.98 Å². The summed E-state index contributed by atoms with van der Waals surface area (Å²) in [6.45, 7) is 1.53. The lowest BCUT2D eigenvalue weighted by molar-refractivity contribution is -0.130. The van der Waals surface area contributed by atoms with E-state index in [0.717, 1.165) is 5.56 Å². The van der Waals surface area contributed by atoms with E-state index in [-0.39, 0.29) is 17.9 Å². The van der Waals surface area contributed by atoms with Crippen LogP contribution in [-0.2, 0) is 16.1 Å². The summed E-state index contributed by atoms with van der Waals surface area (Å²) < 4.78 is 10.6. The molecule has 0 saturated heterocycles. The van der Waals surface area contributed by atoms with E-state index in [1.807, 2.05) is 6.07 Å². The van der Waals surface area contributed by atoms with Gasteiger partial charge in [0.15, 0.2) is 23.0 Å². The summed E-state index contributed by atoms with van der Waals surface area (Å²) in [6.07, 6.45) is 3.28. The average molecular weight is 368 g/mol. The predicted octanol–water partition coefficient (Wildman–Crippen LogP) is 2.58. The lowest BCUT2D eigenvalue weighted by atomic mass is 9.96. The van der Waals surface area contributed by atoms with Crippen LogP contribution in [0.2, 0.25) is 0 Å². The van der Waals surface area contributed by atoms with Gasteiger partial charge in [-0.3, -0.25) is 14.6 Å². The van der Waals surface area contributed by atoms with Crippen molar-refractivity contribution in [2.75, 3.05) is 14.2 Å². The molecule has 140 valence electrons. The Bertz CT molecular complexity index is 908. The second-order valence-electron chi connectivity index (χ2n) is 6.13. The van der Waals surface area contributed by atoms with E-state index in [4.69, 9.17) is 9.47 Å². The van der Waals surface area contributed by atoms with Gasteiger partial charge in [0.2, 0.25) is 0 Å². The number of amides is 1. The number of carbonyl (C=O) groups excluding carboxylic acids is 2. The number of aliphatic hydroxyl groups is 1. The number of benzene rings is 1. The van der Waals surface area contributed by atoms with E-state index >= 15 is 0 Å². The van der Waals surface area contributed by atoms with Gasteiger partial charge in [-0.25, -0.2) is 0 Å². The molecule has 1 aromatic carbocycles. The molecule has 0 radical (unpaired) electrons. The molecule has 0 spiro atoms. The minimum atomic E-state index is -0.727. The molecule has 0 fully saturated rings. The summed E-state index contributed by atoms with van der Waals surface area (Å²) in [4.78, 5) is 30.4. The number of Topliss-reactive ketones (excluding diaryl/α,β-unsaturated/α-hetero) is 1. The number of hydrogen-bond donors (Lipinski definition) is 1. The second-order valence-corrected chi connectivity index (χ2v) is 6.13. The molecule has 0 unspecified atom stereocenters. The first-order chi connectivity index (χ1) is 13.0. The maximum absolute atomic E-state index is 12.7. The fraction of sp³-hybridized carbons (Fsp3) is 0.250. The topological polar surface area (TPSA) is 89.0 Å². The van der Waals surface area contributed by atoms with Crippen LogP contribution in [-0.4, -0.2) is 40.9 Å². The lowest BCUT2D eigenvalue weighted by Crippen LogP contribution is -2.30. The molecule has 0 aliphatic carbocycles. The Hall–Kier alpha value is -3.35. The van der Waals surface area contributed by atoms with Gasteiger partial charge in [0.05, 0.1) is 25.8 Å². The van der Waals surface area contributed by atoms with Crippen molar-refractivity contribution in [3.63, 3.8) is 0 Å². The number of ketones is 1. The number of hydrogen-bond acceptors (Lipinski definition) is 6. The van der Waals surface area contributed by atoms with Gasteiger partial charge in [-0.05, 0) is 36.2 Å². The third kappa shape index (κ3) is 3.36. The van der Waals surface area contributed by atoms with Crippen LogP contribution in [0.25, 0.3) is 0 Å². The smallest absolute Gasteiger partial charge is 0.290 e. The molecule has 0 bridgehead atoms. The van der Waals surface area contributed by atoms with Crippen molar-refractivity contribution < 1.29 is 24.2 Å². The number of methoxy groups -OCH3 is 2. The van der Waals surface area contributed by atoms with Crippen molar-refractivity contribution in [2.45, 2.75) is 19.5 Å². The van der Waals surface area contributed by atoms with Crippen molar-refractivity contribution in [3.05, 3.63) is 65.2 Å². The molecule has 0 saturated carbocycles. The van der Waals surface area contributed by atoms with Gasteiger partial charge in [0.25, 0.3) is 5.91 Å². The van der Waals surface area contributed by atoms with Crippen molar-refractivity contribution in [3.8, 4) is 11.5 Å². The molecule has 3 rings (SSSR count). The number of pyridine rings is 1. The number of nitrogens with zero attached hydrogens (tertiary/aromatic N) is 2. The molecule has 1 aliphatic heterocycles. The summed E-state index contributed by atoms with van der Waals surface area (Å²) in [5, 5.41) is 10.3. The molecule has 2 heterocycles. The number of ether oxygens (including phenoxy) is 2. The molecule has 1 atom stereocenters. The number of carbonyl (C=O) groups is 2. The van der Waals surface area contributed by atoms with Crippen LogP contribution in [0, 0.1) is 0 Å². The van der Waals surface area contributed by atoms with Gasteiger partial charge in [0, 0.05) is 18.9 Å². The summed E-state index contributed by atoms with van der Waals surface area (Å²) in [6, 6.07) is 8.02. The second kappa shape index (κ2) is 7.49. The van der Waals surface area contributed by atoms with Crippen LogP contribution >= 0.6 is 0 Å². The Morgan fingerprint density at radius 3 is 2.56 bits per heavy atom. The molecule has 1 N–H and O–H groups in total. The van der Waals surface area contributed by atoms with Crippen LogP contribution < -0.4 is 9.47 Å². The third-order valence-corrected chi connectivity index (χ3v) is 4.48. The van der Waals surface area contributed by atoms with Crippen molar-refractivity contribution in [1.29, 1.82) is 0 Å². The maximum Gasteiger partial charge on any atom is 0.290 e. The zero-order chi connectivity index (χ0) is 19.6. The molecular weight excluding hydrogens is 348 g/mol. The highest BCUT2D eigenvalue weighted by Crippen LogP contribution is 2.41. The lowest BCUT2D eigenvalue weighted by Gasteiger charge is -2.27. The molecule has 7 heteroatoms. The quantitative estimate of drug-likeness (QED) is 0.843. The number of aliphatic hydroxyl groups excluding tert-OH is 1. The zero-order valence-electron chi connectivity index (χ0n) is 15.3. The number of rotatable bonds is 6. The first-order valence-electron chi connectivity index (χ1n) is 8.33. The Morgan fingerprint density at radius 1 is 1.22 bits per heavy atom. The van der Waals surface area contributed by atoms with E-state index in [0.29, 0.717) is 17.1 Å². The minimum Gasteiger partial charge on any atom is -0.503 e. The maximum atomic E-state index is 12.7. The van der Waals surface area contributed by atoms with Gasteiger partial charge < -0.3 is 19.5 Å². The molecule has 1 aromatic heterocycles. The minimum absolute atomic E-state index is 0.0658. The normalized spacial score (nSPS) is 16.6. The molecule has 7 nitrogen and oxygen atoms in total. The SMILES string of the molecule is COc1ccc([C@H]2C(C(C)=O)=C(O)C(=O)N2Cc2cccnc2)cc1OC. The summed E-state index contributed by atoms with van der Waals surface area (Å²) in [5.41, 5.74) is 1.49. The predicted molar refractivity (Wildman–Crippen MR) is 97.4 cm³/mol. The first-order valence-corrected chi connectivity index (χ1v) is 8.33. The molecule has 2 aromatic rings. The van der Waals surface area contributed by atoms with Crippen LogP contribution in [0.5, 0.6) is 11.5 Å². The van der Waals surface area contributed by atoms with Crippen LogP contribution in [0.1, 0.15) is 24.1 Å². The highest BCUT2D eigenvalue weighted by Gasteiger charge is 2.42. The Balaban J connectivity index is 2.08. The van der Waals surface area contributed by atoms with Gasteiger partial charge >= 0.3 is 0 Å². The molecular formula is C20H20N2O5. The fourth-order valence-electron chi connectivity index (χ4n) is 3.23. The Kier molecular flexibility index (Phi) is 5.12. The van der Waals surface area contributed by atoms with E-state index in [9.17, 15) is 14.7 Å². The fourth-order valence-corrected chi connectivity index (χ4v) is 3.23. The van der Waals surface area contributed by atoms with E-state index < -0.39 is 17.7 Å². The van der Waals surface area contributed by atoms with Gasteiger partial charge in [-0.1, -0.05) is 12.1 Å². The average Bonchev–Trinajstić information content (AvgIpc) is 2.93. The van der Waals surface area contributed by atoms with E-state index in [1.54, 1.807) is 36.7 Å². The summed E-state index contributed by atoms with van der Waals surface area (Å²) in [5.74, 6) is -0.482. The van der Waals surface area contributed by atoms with Crippen LogP contribution in [0.15, 0.2) is 54.1 Å². The van der Waals surface area contributed by atoms with Gasteiger partial charge in [-0.2, -0.15) is 0 Å². The Morgan fingerprint density at radius 2 is 1.96 bits per heavy atom. The largest absolute Gasteiger partial charge is 0.503 e. The van der Waals surface area contributed by atoms with Gasteiger partial charge in [-0.15, -0.1) is 0 Å². The van der Waals surface area contributed by atoms with Gasteiger partial charge in [0.1, 0.15) is 0 Å². The van der Waals surface area contributed by atoms with Crippen LogP contribution in [0.3, 0.4) is 0 Å². The Labute approximate surface area is 156 Å². The highest BCUT2D eigenvalue weighted by atomic mass is 16.5. The van der Waals surface area contributed by atoms with Crippen molar-refractivity contribution in [1.82, 2.24) is 9.88 Å². The van der Waals surface area contributed by atoms with E-state index in [1.165, 1.54) is 26.0 Å². The molecule has 27 heavy (non-hydrogen) atoms. The standard InChI is InChI=1S/C20H20N2O5/c1-12(23)17-18(14-6-7-15(26-2)16(9-14)27-3)22(20(25)19(17)24)11-13-5-4-8-21-10-13/h4-10,18,24H,11H2,1-3H3/t18-/m0/s1. The third-order valence-electron chi connectivity index (χ3n) is 4.48. The summed E-state index contributed by atoms with van der Waals surface area (Å²) >= 11 is 0. The molecule has 1 amide bonds.